The molecule has 0 aromatic rings. The first kappa shape index (κ1) is 21.0. The van der Waals surface area contributed by atoms with Crippen molar-refractivity contribution in [3.05, 3.63) is 0 Å². The van der Waals surface area contributed by atoms with Gasteiger partial charge in [-0.05, 0) is 71.1 Å². The lowest BCUT2D eigenvalue weighted by atomic mass is 9.94. The van der Waals surface area contributed by atoms with E-state index in [-0.39, 0.29) is 30.7 Å². The summed E-state index contributed by atoms with van der Waals surface area (Å²) in [7, 11) is 2.19. The molecule has 2 rings (SSSR count). The average molecular weight is 340 g/mol. The fourth-order valence-electron chi connectivity index (χ4n) is 3.16. The predicted octanol–water partition coefficient (Wildman–Crippen LogP) is 2.21. The molecular formula is C15H31Cl2N3O. The second kappa shape index (κ2) is 11.5. The Bertz CT molecular complexity index is 278. The van der Waals surface area contributed by atoms with Gasteiger partial charge in [-0.3, -0.25) is 4.79 Å². The molecule has 21 heavy (non-hydrogen) atoms. The highest BCUT2D eigenvalue weighted by atomic mass is 35.5. The Morgan fingerprint density at radius 3 is 2.52 bits per heavy atom. The van der Waals surface area contributed by atoms with Crippen LogP contribution in [0.25, 0.3) is 0 Å². The number of rotatable bonds is 6. The number of nitrogens with zero attached hydrogens (tertiary/aromatic N) is 1. The quantitative estimate of drug-likeness (QED) is 0.779. The molecule has 0 bridgehead atoms. The van der Waals surface area contributed by atoms with Gasteiger partial charge in [0, 0.05) is 19.0 Å². The van der Waals surface area contributed by atoms with E-state index in [4.69, 9.17) is 0 Å². The minimum atomic E-state index is 0. The lowest BCUT2D eigenvalue weighted by Crippen LogP contribution is -2.33. The van der Waals surface area contributed by atoms with Crippen molar-refractivity contribution in [1.29, 1.82) is 0 Å². The molecule has 1 atom stereocenters. The van der Waals surface area contributed by atoms with Crippen LogP contribution in [0, 0.1) is 5.92 Å². The zero-order valence-electron chi connectivity index (χ0n) is 13.1. The lowest BCUT2D eigenvalue weighted by molar-refractivity contribution is -0.121. The van der Waals surface area contributed by atoms with Crippen LogP contribution in [0.5, 0.6) is 0 Å². The molecule has 4 nitrogen and oxygen atoms in total. The molecule has 0 aliphatic carbocycles. The first-order valence-electron chi connectivity index (χ1n) is 7.92. The molecule has 126 valence electrons. The highest BCUT2D eigenvalue weighted by Crippen LogP contribution is 2.18. The Morgan fingerprint density at radius 1 is 1.19 bits per heavy atom. The Hall–Kier alpha value is -0.0300. The summed E-state index contributed by atoms with van der Waals surface area (Å²) in [5.41, 5.74) is 0. The largest absolute Gasteiger partial charge is 0.356 e. The van der Waals surface area contributed by atoms with Crippen LogP contribution < -0.4 is 10.6 Å². The van der Waals surface area contributed by atoms with Crippen molar-refractivity contribution in [1.82, 2.24) is 15.5 Å². The van der Waals surface area contributed by atoms with Gasteiger partial charge < -0.3 is 15.5 Å². The van der Waals surface area contributed by atoms with Crippen LogP contribution >= 0.6 is 24.8 Å². The minimum absolute atomic E-state index is 0. The number of piperidine rings is 1. The van der Waals surface area contributed by atoms with E-state index in [0.717, 1.165) is 31.8 Å². The zero-order valence-corrected chi connectivity index (χ0v) is 14.7. The zero-order chi connectivity index (χ0) is 13.5. The maximum absolute atomic E-state index is 11.7. The van der Waals surface area contributed by atoms with Crippen LogP contribution in [0.1, 0.15) is 44.9 Å². The topological polar surface area (TPSA) is 44.4 Å². The molecule has 0 radical (unpaired) electrons. The molecule has 2 heterocycles. The van der Waals surface area contributed by atoms with Crippen LogP contribution in [-0.2, 0) is 4.79 Å². The molecule has 1 unspecified atom stereocenters. The fourth-order valence-corrected chi connectivity index (χ4v) is 3.16. The molecule has 0 aromatic carbocycles. The minimum Gasteiger partial charge on any atom is -0.356 e. The van der Waals surface area contributed by atoms with Gasteiger partial charge in [0.25, 0.3) is 0 Å². The van der Waals surface area contributed by atoms with Crippen molar-refractivity contribution in [3.63, 3.8) is 0 Å². The smallest absolute Gasteiger partial charge is 0.220 e. The van der Waals surface area contributed by atoms with E-state index in [1.165, 1.54) is 38.8 Å². The maximum Gasteiger partial charge on any atom is 0.220 e. The number of hydrogen-bond donors (Lipinski definition) is 2. The molecule has 0 saturated carbocycles. The number of carbonyl (C=O) groups is 1. The van der Waals surface area contributed by atoms with Crippen LogP contribution in [-0.4, -0.2) is 50.1 Å². The standard InChI is InChI=1S/C15H29N3O.2ClH/c1-18-11-7-13(8-12-18)6-10-17-15(19)5-4-14-3-2-9-16-14;;/h13-14,16H,2-12H2,1H3,(H,17,19);2*1H. The molecule has 2 N–H and O–H groups in total. The van der Waals surface area contributed by atoms with Crippen LogP contribution in [0.4, 0.5) is 0 Å². The normalized spacial score (nSPS) is 23.2. The number of amides is 1. The average Bonchev–Trinajstić information content (AvgIpc) is 2.92. The van der Waals surface area contributed by atoms with E-state index in [1.807, 2.05) is 0 Å². The van der Waals surface area contributed by atoms with Gasteiger partial charge >= 0.3 is 0 Å². The van der Waals surface area contributed by atoms with E-state index in [9.17, 15) is 4.79 Å². The molecule has 2 fully saturated rings. The van der Waals surface area contributed by atoms with Crippen molar-refractivity contribution in [3.8, 4) is 0 Å². The molecule has 2 saturated heterocycles. The molecule has 1 amide bonds. The van der Waals surface area contributed by atoms with Crippen molar-refractivity contribution in [2.45, 2.75) is 51.0 Å². The summed E-state index contributed by atoms with van der Waals surface area (Å²) < 4.78 is 0. The number of halogens is 2. The highest BCUT2D eigenvalue weighted by molar-refractivity contribution is 5.85. The van der Waals surface area contributed by atoms with Crippen LogP contribution in [0.2, 0.25) is 0 Å². The summed E-state index contributed by atoms with van der Waals surface area (Å²) >= 11 is 0. The van der Waals surface area contributed by atoms with Gasteiger partial charge in [0.2, 0.25) is 5.91 Å². The van der Waals surface area contributed by atoms with E-state index in [0.29, 0.717) is 12.5 Å². The Kier molecular flexibility index (Phi) is 11.5. The monoisotopic (exact) mass is 339 g/mol. The molecule has 2 aliphatic heterocycles. The highest BCUT2D eigenvalue weighted by Gasteiger charge is 2.17. The van der Waals surface area contributed by atoms with E-state index >= 15 is 0 Å². The molecule has 0 spiro atoms. The second-order valence-electron chi connectivity index (χ2n) is 6.22. The van der Waals surface area contributed by atoms with Gasteiger partial charge in [-0.25, -0.2) is 0 Å². The van der Waals surface area contributed by atoms with Gasteiger partial charge in [0.05, 0.1) is 0 Å². The van der Waals surface area contributed by atoms with Crippen molar-refractivity contribution >= 4 is 30.7 Å². The van der Waals surface area contributed by atoms with Crippen LogP contribution in [0.15, 0.2) is 0 Å². The number of hydrogen-bond acceptors (Lipinski definition) is 3. The van der Waals surface area contributed by atoms with Gasteiger partial charge in [0.1, 0.15) is 0 Å². The number of nitrogens with one attached hydrogen (secondary N) is 2. The Morgan fingerprint density at radius 2 is 1.90 bits per heavy atom. The van der Waals surface area contributed by atoms with Crippen molar-refractivity contribution in [2.24, 2.45) is 5.92 Å². The summed E-state index contributed by atoms with van der Waals surface area (Å²) in [6, 6.07) is 0.583. The summed E-state index contributed by atoms with van der Waals surface area (Å²) in [5, 5.41) is 6.52. The van der Waals surface area contributed by atoms with Gasteiger partial charge in [-0.1, -0.05) is 0 Å². The van der Waals surface area contributed by atoms with Crippen LogP contribution in [0.3, 0.4) is 0 Å². The first-order chi connectivity index (χ1) is 9.24. The first-order valence-corrected chi connectivity index (χ1v) is 7.92. The third-order valence-electron chi connectivity index (χ3n) is 4.60. The number of likely N-dealkylation sites (tertiary alicyclic amines) is 1. The third-order valence-corrected chi connectivity index (χ3v) is 4.60. The van der Waals surface area contributed by atoms with Gasteiger partial charge in [0.15, 0.2) is 0 Å². The van der Waals surface area contributed by atoms with E-state index < -0.39 is 0 Å². The summed E-state index contributed by atoms with van der Waals surface area (Å²) in [5.74, 6) is 1.05. The van der Waals surface area contributed by atoms with E-state index in [1.54, 1.807) is 0 Å². The molecule has 0 aromatic heterocycles. The predicted molar refractivity (Wildman–Crippen MR) is 92.6 cm³/mol. The van der Waals surface area contributed by atoms with Crippen molar-refractivity contribution < 1.29 is 4.79 Å². The second-order valence-corrected chi connectivity index (χ2v) is 6.22. The van der Waals surface area contributed by atoms with Gasteiger partial charge in [-0.15, -0.1) is 24.8 Å². The Labute approximate surface area is 141 Å². The van der Waals surface area contributed by atoms with E-state index in [2.05, 4.69) is 22.6 Å². The molecule has 2 aliphatic rings. The lowest BCUT2D eigenvalue weighted by Gasteiger charge is -2.28. The summed E-state index contributed by atoms with van der Waals surface area (Å²) in [4.78, 5) is 14.1. The summed E-state index contributed by atoms with van der Waals surface area (Å²) in [6.45, 7) is 4.42. The molecule has 6 heteroatoms. The molecular weight excluding hydrogens is 309 g/mol. The third kappa shape index (κ3) is 8.24. The SMILES string of the molecule is CN1CCC(CCNC(=O)CCC2CCCN2)CC1.Cl.Cl. The Balaban J connectivity index is 0.00000200. The number of carbonyl (C=O) groups excluding carboxylic acids is 1. The van der Waals surface area contributed by atoms with Crippen molar-refractivity contribution in [2.75, 3.05) is 33.2 Å². The maximum atomic E-state index is 11.7. The van der Waals surface area contributed by atoms with Gasteiger partial charge in [-0.2, -0.15) is 0 Å². The summed E-state index contributed by atoms with van der Waals surface area (Å²) in [6.07, 6.45) is 7.92. The fraction of sp³-hybridized carbons (Fsp3) is 0.933.